The van der Waals surface area contributed by atoms with Gasteiger partial charge in [0, 0.05) is 23.9 Å². The van der Waals surface area contributed by atoms with E-state index in [0.29, 0.717) is 17.9 Å². The average Bonchev–Trinajstić information content (AvgIpc) is 3.40. The lowest BCUT2D eigenvalue weighted by atomic mass is 9.89. The van der Waals surface area contributed by atoms with Crippen molar-refractivity contribution in [2.45, 2.75) is 24.8 Å². The van der Waals surface area contributed by atoms with E-state index >= 15 is 0 Å². The van der Waals surface area contributed by atoms with Gasteiger partial charge in [0.05, 0.1) is 17.7 Å². The van der Waals surface area contributed by atoms with Crippen LogP contribution in [-0.2, 0) is 4.79 Å². The molecule has 2 amide bonds. The lowest BCUT2D eigenvalue weighted by Crippen LogP contribution is -2.35. The maximum atomic E-state index is 14.0. The molecule has 4 aromatic rings. The van der Waals surface area contributed by atoms with Crippen LogP contribution >= 0.6 is 0 Å². The van der Waals surface area contributed by atoms with E-state index in [0.717, 1.165) is 35.2 Å². The number of benzene rings is 3. The van der Waals surface area contributed by atoms with Crippen molar-refractivity contribution in [2.75, 3.05) is 6.54 Å². The van der Waals surface area contributed by atoms with Gasteiger partial charge in [-0.25, -0.2) is 9.97 Å². The summed E-state index contributed by atoms with van der Waals surface area (Å²) in [5.74, 6) is -0.213. The molecule has 0 radical (unpaired) electrons. The molecule has 0 bridgehead atoms. The lowest BCUT2D eigenvalue weighted by molar-refractivity contribution is -0.132. The Morgan fingerprint density at radius 2 is 1.49 bits per heavy atom. The van der Waals surface area contributed by atoms with Gasteiger partial charge in [0.25, 0.3) is 0 Å². The molecule has 2 N–H and O–H groups in total. The predicted molar refractivity (Wildman–Crippen MR) is 134 cm³/mol. The van der Waals surface area contributed by atoms with E-state index in [-0.39, 0.29) is 17.9 Å². The molecule has 5 rings (SSSR count). The van der Waals surface area contributed by atoms with Crippen LogP contribution < -0.4 is 5.73 Å². The standard InChI is InChI=1S/C29H26N4O2/c30-27(34)22-13-15-23(16-14-22)28-31-18-17-24(32-28)25-12-7-19-33(25)29(35)26(20-8-3-1-4-9-20)21-10-5-2-6-11-21/h1-6,8-11,13-18,25-26H,7,12,19H2,(H2,30,34). The zero-order chi connectivity index (χ0) is 24.2. The molecule has 1 aliphatic rings. The van der Waals surface area contributed by atoms with E-state index in [1.165, 1.54) is 0 Å². The molecule has 1 fully saturated rings. The number of rotatable bonds is 6. The van der Waals surface area contributed by atoms with Crippen LogP contribution in [0, 0.1) is 0 Å². The van der Waals surface area contributed by atoms with Crippen LogP contribution in [0.4, 0.5) is 0 Å². The average molecular weight is 463 g/mol. The van der Waals surface area contributed by atoms with E-state index in [1.807, 2.05) is 71.6 Å². The Kier molecular flexibility index (Phi) is 6.35. The van der Waals surface area contributed by atoms with Crippen molar-refractivity contribution in [3.8, 4) is 11.4 Å². The first-order chi connectivity index (χ1) is 17.1. The first kappa shape index (κ1) is 22.5. The third kappa shape index (κ3) is 4.68. The van der Waals surface area contributed by atoms with Gasteiger partial charge in [-0.3, -0.25) is 9.59 Å². The normalized spacial score (nSPS) is 15.3. The molecule has 35 heavy (non-hydrogen) atoms. The highest BCUT2D eigenvalue weighted by atomic mass is 16.2. The van der Waals surface area contributed by atoms with Gasteiger partial charge < -0.3 is 10.6 Å². The molecule has 2 heterocycles. The van der Waals surface area contributed by atoms with Crippen molar-refractivity contribution in [1.82, 2.24) is 14.9 Å². The minimum absolute atomic E-state index is 0.0795. The number of hydrogen-bond acceptors (Lipinski definition) is 4. The van der Waals surface area contributed by atoms with Crippen LogP contribution in [0.2, 0.25) is 0 Å². The molecule has 1 aliphatic heterocycles. The van der Waals surface area contributed by atoms with E-state index in [1.54, 1.807) is 30.5 Å². The van der Waals surface area contributed by atoms with Gasteiger partial charge in [0.1, 0.15) is 0 Å². The highest BCUT2D eigenvalue weighted by Gasteiger charge is 2.36. The minimum atomic E-state index is -0.474. The summed E-state index contributed by atoms with van der Waals surface area (Å²) in [7, 11) is 0. The van der Waals surface area contributed by atoms with Crippen LogP contribution in [0.1, 0.15) is 52.0 Å². The second-order valence-corrected chi connectivity index (χ2v) is 8.69. The first-order valence-corrected chi connectivity index (χ1v) is 11.8. The first-order valence-electron chi connectivity index (χ1n) is 11.8. The molecule has 6 heteroatoms. The Morgan fingerprint density at radius 3 is 2.09 bits per heavy atom. The number of primary amides is 1. The van der Waals surface area contributed by atoms with E-state index in [9.17, 15) is 9.59 Å². The Labute approximate surface area is 204 Å². The summed E-state index contributed by atoms with van der Waals surface area (Å²) in [6, 6.07) is 28.6. The summed E-state index contributed by atoms with van der Waals surface area (Å²) in [4.78, 5) is 36.6. The van der Waals surface area contributed by atoms with Crippen LogP contribution in [0.25, 0.3) is 11.4 Å². The number of aromatic nitrogens is 2. The van der Waals surface area contributed by atoms with E-state index in [2.05, 4.69) is 4.98 Å². The fourth-order valence-electron chi connectivity index (χ4n) is 4.75. The second kappa shape index (κ2) is 9.89. The highest BCUT2D eigenvalue weighted by Crippen LogP contribution is 2.36. The molecule has 1 unspecified atom stereocenters. The van der Waals surface area contributed by atoms with E-state index in [4.69, 9.17) is 10.7 Å². The molecular formula is C29H26N4O2. The number of carbonyl (C=O) groups excluding carboxylic acids is 2. The van der Waals surface area contributed by atoms with Crippen molar-refractivity contribution in [3.05, 3.63) is 120 Å². The molecule has 1 aromatic heterocycles. The predicted octanol–water partition coefficient (Wildman–Crippen LogP) is 4.74. The Bertz CT molecular complexity index is 1280. The Morgan fingerprint density at radius 1 is 0.857 bits per heavy atom. The smallest absolute Gasteiger partial charge is 0.248 e. The summed E-state index contributed by atoms with van der Waals surface area (Å²) in [5.41, 5.74) is 9.36. The van der Waals surface area contributed by atoms with Crippen LogP contribution in [-0.4, -0.2) is 33.2 Å². The minimum Gasteiger partial charge on any atom is -0.366 e. The van der Waals surface area contributed by atoms with Crippen LogP contribution in [0.15, 0.2) is 97.2 Å². The van der Waals surface area contributed by atoms with Gasteiger partial charge in [-0.1, -0.05) is 72.8 Å². The third-order valence-electron chi connectivity index (χ3n) is 6.49. The molecule has 0 aliphatic carbocycles. The number of hydrogen-bond donors (Lipinski definition) is 1. The number of carbonyl (C=O) groups is 2. The Balaban J connectivity index is 1.46. The summed E-state index contributed by atoms with van der Waals surface area (Å²) >= 11 is 0. The highest BCUT2D eigenvalue weighted by molar-refractivity contribution is 5.93. The van der Waals surface area contributed by atoms with Gasteiger partial charge in [-0.15, -0.1) is 0 Å². The van der Waals surface area contributed by atoms with Gasteiger partial charge in [0.15, 0.2) is 5.82 Å². The van der Waals surface area contributed by atoms with Crippen molar-refractivity contribution >= 4 is 11.8 Å². The van der Waals surface area contributed by atoms with Crippen molar-refractivity contribution < 1.29 is 9.59 Å². The number of nitrogens with zero attached hydrogens (tertiary/aromatic N) is 3. The molecule has 0 spiro atoms. The van der Waals surface area contributed by atoms with Gasteiger partial charge >= 0.3 is 0 Å². The molecular weight excluding hydrogens is 436 g/mol. The zero-order valence-electron chi connectivity index (χ0n) is 19.2. The van der Waals surface area contributed by atoms with E-state index < -0.39 is 5.91 Å². The molecule has 1 saturated heterocycles. The fraction of sp³-hybridized carbons (Fsp3) is 0.172. The molecule has 3 aromatic carbocycles. The number of amides is 2. The molecule has 0 saturated carbocycles. The van der Waals surface area contributed by atoms with Gasteiger partial charge in [-0.2, -0.15) is 0 Å². The number of likely N-dealkylation sites (tertiary alicyclic amines) is 1. The van der Waals surface area contributed by atoms with Gasteiger partial charge in [0.2, 0.25) is 11.8 Å². The lowest BCUT2D eigenvalue weighted by Gasteiger charge is -2.29. The zero-order valence-corrected chi connectivity index (χ0v) is 19.2. The van der Waals surface area contributed by atoms with Crippen LogP contribution in [0.3, 0.4) is 0 Å². The molecule has 174 valence electrons. The van der Waals surface area contributed by atoms with Gasteiger partial charge in [-0.05, 0) is 42.2 Å². The maximum absolute atomic E-state index is 14.0. The topological polar surface area (TPSA) is 89.2 Å². The summed E-state index contributed by atoms with van der Waals surface area (Å²) in [5, 5.41) is 0. The van der Waals surface area contributed by atoms with Crippen molar-refractivity contribution in [3.63, 3.8) is 0 Å². The fourth-order valence-corrected chi connectivity index (χ4v) is 4.75. The SMILES string of the molecule is NC(=O)c1ccc(-c2nccc(C3CCCN3C(=O)C(c3ccccc3)c3ccccc3)n2)cc1. The summed E-state index contributed by atoms with van der Waals surface area (Å²) in [6.45, 7) is 0.687. The summed E-state index contributed by atoms with van der Waals surface area (Å²) < 4.78 is 0. The monoisotopic (exact) mass is 462 g/mol. The van der Waals surface area contributed by atoms with Crippen molar-refractivity contribution in [1.29, 1.82) is 0 Å². The quantitative estimate of drug-likeness (QED) is 0.448. The third-order valence-corrected chi connectivity index (χ3v) is 6.49. The largest absolute Gasteiger partial charge is 0.366 e. The molecule has 1 atom stereocenters. The second-order valence-electron chi connectivity index (χ2n) is 8.69. The summed E-state index contributed by atoms with van der Waals surface area (Å²) in [6.07, 6.45) is 3.49. The Hall–Kier alpha value is -4.32. The van der Waals surface area contributed by atoms with Crippen LogP contribution in [0.5, 0.6) is 0 Å². The van der Waals surface area contributed by atoms with Crippen molar-refractivity contribution in [2.24, 2.45) is 5.73 Å². The maximum Gasteiger partial charge on any atom is 0.248 e. The molecule has 6 nitrogen and oxygen atoms in total. The number of nitrogens with two attached hydrogens (primary N) is 1.